The molecular weight excluding hydrogens is 390 g/mol. The zero-order valence-corrected chi connectivity index (χ0v) is 17.5. The Labute approximate surface area is 180 Å². The molecule has 1 fully saturated rings. The molecule has 3 heterocycles. The first-order valence-corrected chi connectivity index (χ1v) is 10.7. The normalized spacial score (nSPS) is 13.5. The summed E-state index contributed by atoms with van der Waals surface area (Å²) in [4.78, 5) is 25.6. The Bertz CT molecular complexity index is 1210. The molecule has 8 heteroatoms. The van der Waals surface area contributed by atoms with Crippen LogP contribution in [0.25, 0.3) is 16.9 Å². The molecule has 0 saturated heterocycles. The highest BCUT2D eigenvalue weighted by atomic mass is 16.2. The van der Waals surface area contributed by atoms with Gasteiger partial charge in [0.15, 0.2) is 0 Å². The number of nitrogens with zero attached hydrogens (tertiary/aromatic N) is 5. The number of fused-ring (bicyclic) bond motifs is 1. The standard InChI is InChI=1S/C23H25N7O/c1-2-21-28-19-12-16(5-8-20(19)30(21)18-6-7-18)13-26-23(31)27-14-17-4-3-9-25-22(17)29-11-10-24-15-29/h3-5,8-12,15,18H,2,6-7,13-14H2,1H3,(H2,26,27,31). The Morgan fingerprint density at radius 3 is 2.81 bits per heavy atom. The number of carbonyl (C=O) groups is 1. The Hall–Kier alpha value is -3.68. The van der Waals surface area contributed by atoms with E-state index in [0.29, 0.717) is 19.1 Å². The van der Waals surface area contributed by atoms with Gasteiger partial charge in [-0.05, 0) is 36.6 Å². The van der Waals surface area contributed by atoms with Gasteiger partial charge < -0.3 is 15.2 Å². The number of benzene rings is 1. The van der Waals surface area contributed by atoms with Crippen LogP contribution in [0.5, 0.6) is 0 Å². The van der Waals surface area contributed by atoms with Crippen LogP contribution in [0.1, 0.15) is 42.8 Å². The Balaban J connectivity index is 1.22. The number of hydrogen-bond acceptors (Lipinski definition) is 4. The summed E-state index contributed by atoms with van der Waals surface area (Å²) in [5.74, 6) is 1.90. The van der Waals surface area contributed by atoms with Crippen molar-refractivity contribution in [3.63, 3.8) is 0 Å². The first-order valence-electron chi connectivity index (χ1n) is 10.7. The fraction of sp³-hybridized carbons (Fsp3) is 0.304. The molecular formula is C23H25N7O. The molecule has 8 nitrogen and oxygen atoms in total. The van der Waals surface area contributed by atoms with Gasteiger partial charge in [0, 0.05) is 49.7 Å². The second-order valence-electron chi connectivity index (χ2n) is 7.80. The van der Waals surface area contributed by atoms with Gasteiger partial charge in [0.2, 0.25) is 0 Å². The highest BCUT2D eigenvalue weighted by Gasteiger charge is 2.27. The Morgan fingerprint density at radius 2 is 2.03 bits per heavy atom. The molecule has 1 aliphatic carbocycles. The summed E-state index contributed by atoms with van der Waals surface area (Å²) >= 11 is 0. The molecule has 3 aromatic heterocycles. The molecule has 1 saturated carbocycles. The lowest BCUT2D eigenvalue weighted by Crippen LogP contribution is -2.34. The van der Waals surface area contributed by atoms with E-state index in [1.807, 2.05) is 22.9 Å². The Morgan fingerprint density at radius 1 is 1.16 bits per heavy atom. The number of urea groups is 1. The molecule has 0 atom stereocenters. The summed E-state index contributed by atoms with van der Waals surface area (Å²) in [5.41, 5.74) is 4.14. The van der Waals surface area contributed by atoms with Gasteiger partial charge in [-0.2, -0.15) is 0 Å². The van der Waals surface area contributed by atoms with Crippen LogP contribution >= 0.6 is 0 Å². The third-order valence-corrected chi connectivity index (χ3v) is 5.56. The average Bonchev–Trinajstić information content (AvgIpc) is 3.34. The van der Waals surface area contributed by atoms with Gasteiger partial charge in [-0.15, -0.1) is 0 Å². The fourth-order valence-corrected chi connectivity index (χ4v) is 3.90. The summed E-state index contributed by atoms with van der Waals surface area (Å²) < 4.78 is 4.21. The minimum Gasteiger partial charge on any atom is -0.334 e. The minimum atomic E-state index is -0.224. The zero-order valence-electron chi connectivity index (χ0n) is 17.5. The first kappa shape index (κ1) is 19.3. The molecule has 31 heavy (non-hydrogen) atoms. The minimum absolute atomic E-state index is 0.224. The van der Waals surface area contributed by atoms with Crippen molar-refractivity contribution in [1.82, 2.24) is 34.7 Å². The summed E-state index contributed by atoms with van der Waals surface area (Å²) in [6.45, 7) is 2.96. The van der Waals surface area contributed by atoms with Crippen molar-refractivity contribution in [3.05, 3.63) is 72.2 Å². The van der Waals surface area contributed by atoms with Gasteiger partial charge in [0.1, 0.15) is 18.0 Å². The summed E-state index contributed by atoms with van der Waals surface area (Å²) in [6.07, 6.45) is 10.3. The average molecular weight is 416 g/mol. The number of rotatable bonds is 7. The number of hydrogen-bond donors (Lipinski definition) is 2. The maximum atomic E-state index is 12.4. The lowest BCUT2D eigenvalue weighted by molar-refractivity contribution is 0.240. The largest absolute Gasteiger partial charge is 0.334 e. The van der Waals surface area contributed by atoms with Gasteiger partial charge in [-0.3, -0.25) is 4.57 Å². The van der Waals surface area contributed by atoms with E-state index in [1.54, 1.807) is 18.7 Å². The molecule has 0 bridgehead atoms. The number of aryl methyl sites for hydroxylation is 1. The lowest BCUT2D eigenvalue weighted by Gasteiger charge is -2.11. The van der Waals surface area contributed by atoms with Crippen molar-refractivity contribution in [1.29, 1.82) is 0 Å². The summed E-state index contributed by atoms with van der Waals surface area (Å²) in [6, 6.07) is 10.5. The fourth-order valence-electron chi connectivity index (χ4n) is 3.90. The van der Waals surface area contributed by atoms with E-state index in [0.717, 1.165) is 34.7 Å². The summed E-state index contributed by atoms with van der Waals surface area (Å²) in [7, 11) is 0. The number of amides is 2. The van der Waals surface area contributed by atoms with E-state index in [9.17, 15) is 4.79 Å². The van der Waals surface area contributed by atoms with Crippen molar-refractivity contribution < 1.29 is 4.79 Å². The molecule has 4 aromatic rings. The molecule has 2 N–H and O–H groups in total. The van der Waals surface area contributed by atoms with Crippen molar-refractivity contribution in [2.75, 3.05) is 0 Å². The first-order chi connectivity index (χ1) is 15.2. The van der Waals surface area contributed by atoms with Gasteiger partial charge >= 0.3 is 6.03 Å². The zero-order chi connectivity index (χ0) is 21.2. The van der Waals surface area contributed by atoms with Crippen molar-refractivity contribution >= 4 is 17.1 Å². The number of nitrogens with one attached hydrogen (secondary N) is 2. The predicted octanol–water partition coefficient (Wildman–Crippen LogP) is 3.51. The molecule has 0 spiro atoms. The van der Waals surface area contributed by atoms with Crippen molar-refractivity contribution in [2.45, 2.75) is 45.3 Å². The van der Waals surface area contributed by atoms with Gasteiger partial charge in [0.05, 0.1) is 11.0 Å². The maximum absolute atomic E-state index is 12.4. The molecule has 5 rings (SSSR count). The quantitative estimate of drug-likeness (QED) is 0.483. The van der Waals surface area contributed by atoms with Crippen LogP contribution in [0.2, 0.25) is 0 Å². The van der Waals surface area contributed by atoms with Gasteiger partial charge in [0.25, 0.3) is 0 Å². The lowest BCUT2D eigenvalue weighted by atomic mass is 10.2. The van der Waals surface area contributed by atoms with Crippen LogP contribution in [-0.4, -0.2) is 30.1 Å². The molecule has 0 aliphatic heterocycles. The molecule has 2 amide bonds. The monoisotopic (exact) mass is 415 g/mol. The van der Waals surface area contributed by atoms with E-state index in [1.165, 1.54) is 18.4 Å². The molecule has 1 aromatic carbocycles. The van der Waals surface area contributed by atoms with Crippen LogP contribution in [0.3, 0.4) is 0 Å². The third kappa shape index (κ3) is 4.01. The van der Waals surface area contributed by atoms with E-state index in [-0.39, 0.29) is 6.03 Å². The number of carbonyl (C=O) groups excluding carboxylic acids is 1. The number of imidazole rings is 2. The highest BCUT2D eigenvalue weighted by Crippen LogP contribution is 2.38. The van der Waals surface area contributed by atoms with E-state index in [2.05, 4.69) is 50.3 Å². The van der Waals surface area contributed by atoms with E-state index >= 15 is 0 Å². The van der Waals surface area contributed by atoms with E-state index in [4.69, 9.17) is 4.98 Å². The van der Waals surface area contributed by atoms with E-state index < -0.39 is 0 Å². The summed E-state index contributed by atoms with van der Waals surface area (Å²) in [5, 5.41) is 5.85. The van der Waals surface area contributed by atoms with Crippen LogP contribution in [-0.2, 0) is 19.5 Å². The van der Waals surface area contributed by atoms with Gasteiger partial charge in [-0.25, -0.2) is 19.7 Å². The van der Waals surface area contributed by atoms with Crippen LogP contribution in [0.4, 0.5) is 4.79 Å². The van der Waals surface area contributed by atoms with Crippen LogP contribution in [0, 0.1) is 0 Å². The molecule has 0 radical (unpaired) electrons. The molecule has 1 aliphatic rings. The van der Waals surface area contributed by atoms with Crippen LogP contribution < -0.4 is 10.6 Å². The molecule has 0 unspecified atom stereocenters. The topological polar surface area (TPSA) is 89.7 Å². The Kier molecular flexibility index (Phi) is 5.11. The predicted molar refractivity (Wildman–Crippen MR) is 118 cm³/mol. The second-order valence-corrected chi connectivity index (χ2v) is 7.80. The van der Waals surface area contributed by atoms with Crippen LogP contribution in [0.15, 0.2) is 55.2 Å². The molecule has 158 valence electrons. The second kappa shape index (κ2) is 8.22. The van der Waals surface area contributed by atoms with Crippen molar-refractivity contribution in [2.24, 2.45) is 0 Å². The van der Waals surface area contributed by atoms with Gasteiger partial charge in [-0.1, -0.05) is 19.1 Å². The SMILES string of the molecule is CCc1nc2cc(CNC(=O)NCc3cccnc3-n3ccnc3)ccc2n1C1CC1. The number of aromatic nitrogens is 5. The highest BCUT2D eigenvalue weighted by molar-refractivity contribution is 5.78. The number of pyridine rings is 1. The third-order valence-electron chi connectivity index (χ3n) is 5.56. The smallest absolute Gasteiger partial charge is 0.315 e. The van der Waals surface area contributed by atoms with Crippen molar-refractivity contribution in [3.8, 4) is 5.82 Å². The maximum Gasteiger partial charge on any atom is 0.315 e.